The summed E-state index contributed by atoms with van der Waals surface area (Å²) >= 11 is 12.1. The van der Waals surface area contributed by atoms with Gasteiger partial charge in [-0.3, -0.25) is 4.79 Å². The van der Waals surface area contributed by atoms with E-state index in [1.165, 1.54) is 0 Å². The van der Waals surface area contributed by atoms with E-state index in [2.05, 4.69) is 6.92 Å². The Morgan fingerprint density at radius 3 is 2.43 bits per heavy atom. The number of benzene rings is 1. The lowest BCUT2D eigenvalue weighted by Crippen LogP contribution is -2.33. The molecule has 0 aliphatic carbocycles. The van der Waals surface area contributed by atoms with Gasteiger partial charge in [0.1, 0.15) is 10.8 Å². The van der Waals surface area contributed by atoms with Crippen molar-refractivity contribution >= 4 is 34.8 Å². The lowest BCUT2D eigenvalue weighted by atomic mass is 10.2. The highest BCUT2D eigenvalue weighted by molar-refractivity contribution is 6.42. The Bertz CT molecular complexity index is 623. The number of carbonyl (C=O) groups is 1. The molecule has 0 aliphatic heterocycles. The Balaban J connectivity index is 2.36. The normalized spacial score (nSPS) is 10.7. The van der Waals surface area contributed by atoms with Gasteiger partial charge >= 0.3 is 0 Å². The molecule has 0 N–H and O–H groups in total. The molecule has 112 valence electrons. The second-order valence-electron chi connectivity index (χ2n) is 4.87. The van der Waals surface area contributed by atoms with Gasteiger partial charge in [-0.15, -0.1) is 0 Å². The summed E-state index contributed by atoms with van der Waals surface area (Å²) in [5, 5.41) is 0.773. The van der Waals surface area contributed by atoms with Gasteiger partial charge in [0.05, 0.1) is 5.02 Å². The zero-order valence-corrected chi connectivity index (χ0v) is 13.7. The molecule has 0 spiro atoms. The molecule has 1 aromatic heterocycles. The monoisotopic (exact) mass is 324 g/mol. The van der Waals surface area contributed by atoms with E-state index in [1.54, 1.807) is 22.6 Å². The standard InChI is InChI=1S/C16H18Cl2N2O/c1-3-4-10-20(12-8-6-5-7-9-12)16(21)14-11-13(17)15(18)19(14)2/h5-9,11H,3-4,10H2,1-2H3. The third-order valence-electron chi connectivity index (χ3n) is 3.38. The van der Waals surface area contributed by atoms with Crippen molar-refractivity contribution in [2.45, 2.75) is 19.8 Å². The van der Waals surface area contributed by atoms with Gasteiger partial charge in [0, 0.05) is 19.3 Å². The number of para-hydroxylation sites is 1. The number of amides is 1. The second-order valence-corrected chi connectivity index (χ2v) is 5.64. The van der Waals surface area contributed by atoms with E-state index in [0.717, 1.165) is 18.5 Å². The number of rotatable bonds is 5. The highest BCUT2D eigenvalue weighted by Gasteiger charge is 2.22. The minimum absolute atomic E-state index is 0.0917. The fourth-order valence-electron chi connectivity index (χ4n) is 2.16. The van der Waals surface area contributed by atoms with Crippen LogP contribution in [0, 0.1) is 0 Å². The molecule has 3 nitrogen and oxygen atoms in total. The molecule has 1 aromatic carbocycles. The summed E-state index contributed by atoms with van der Waals surface area (Å²) in [6, 6.07) is 11.3. The van der Waals surface area contributed by atoms with Gasteiger partial charge in [0.15, 0.2) is 0 Å². The number of halogens is 2. The number of nitrogens with zero attached hydrogens (tertiary/aromatic N) is 2. The summed E-state index contributed by atoms with van der Waals surface area (Å²) in [6.07, 6.45) is 1.96. The first-order chi connectivity index (χ1) is 10.1. The SMILES string of the molecule is CCCCN(C(=O)c1cc(Cl)c(Cl)n1C)c1ccccc1. The first-order valence-corrected chi connectivity index (χ1v) is 7.69. The van der Waals surface area contributed by atoms with Crippen molar-refractivity contribution in [1.82, 2.24) is 4.57 Å². The van der Waals surface area contributed by atoms with E-state index in [4.69, 9.17) is 23.2 Å². The van der Waals surface area contributed by atoms with Gasteiger partial charge in [0.2, 0.25) is 0 Å². The minimum atomic E-state index is -0.0917. The Hall–Kier alpha value is -1.45. The van der Waals surface area contributed by atoms with Gasteiger partial charge in [0.25, 0.3) is 5.91 Å². The van der Waals surface area contributed by atoms with E-state index in [9.17, 15) is 4.79 Å². The van der Waals surface area contributed by atoms with E-state index in [-0.39, 0.29) is 5.91 Å². The average Bonchev–Trinajstić information content (AvgIpc) is 2.76. The topological polar surface area (TPSA) is 25.2 Å². The molecule has 21 heavy (non-hydrogen) atoms. The summed E-state index contributed by atoms with van der Waals surface area (Å²) in [6.45, 7) is 2.77. The molecule has 1 amide bonds. The van der Waals surface area contributed by atoms with Crippen LogP contribution in [0.5, 0.6) is 0 Å². The maximum atomic E-state index is 12.8. The van der Waals surface area contributed by atoms with E-state index in [1.807, 2.05) is 30.3 Å². The molecule has 5 heteroatoms. The molecule has 0 fully saturated rings. The number of carbonyl (C=O) groups excluding carboxylic acids is 1. The van der Waals surface area contributed by atoms with Crippen LogP contribution >= 0.6 is 23.2 Å². The van der Waals surface area contributed by atoms with Crippen molar-refractivity contribution in [2.75, 3.05) is 11.4 Å². The van der Waals surface area contributed by atoms with Gasteiger partial charge in [-0.05, 0) is 24.6 Å². The predicted molar refractivity (Wildman–Crippen MR) is 88.5 cm³/mol. The van der Waals surface area contributed by atoms with Crippen molar-refractivity contribution in [3.8, 4) is 0 Å². The van der Waals surface area contributed by atoms with Crippen LogP contribution in [0.15, 0.2) is 36.4 Å². The third kappa shape index (κ3) is 3.42. The molecule has 0 unspecified atom stereocenters. The number of anilines is 1. The third-order valence-corrected chi connectivity index (χ3v) is 4.23. The summed E-state index contributed by atoms with van der Waals surface area (Å²) in [5.41, 5.74) is 1.37. The summed E-state index contributed by atoms with van der Waals surface area (Å²) in [4.78, 5) is 14.6. The first kappa shape index (κ1) is 15.9. The van der Waals surface area contributed by atoms with Crippen molar-refractivity contribution in [3.63, 3.8) is 0 Å². The second kappa shape index (κ2) is 7.01. The lowest BCUT2D eigenvalue weighted by molar-refractivity contribution is 0.0979. The summed E-state index contributed by atoms with van der Waals surface area (Å²) < 4.78 is 1.62. The Kier molecular flexibility index (Phi) is 5.32. The van der Waals surface area contributed by atoms with E-state index < -0.39 is 0 Å². The Labute approximate surface area is 135 Å². The molecular formula is C16H18Cl2N2O. The van der Waals surface area contributed by atoms with Gasteiger partial charge in [-0.25, -0.2) is 0 Å². The van der Waals surface area contributed by atoms with Crippen LogP contribution in [-0.2, 0) is 7.05 Å². The molecule has 1 heterocycles. The van der Waals surface area contributed by atoms with Crippen LogP contribution in [0.2, 0.25) is 10.2 Å². The van der Waals surface area contributed by atoms with Crippen molar-refractivity contribution < 1.29 is 4.79 Å². The molecule has 2 rings (SSSR count). The fourth-order valence-corrected chi connectivity index (χ4v) is 2.53. The number of hydrogen-bond donors (Lipinski definition) is 0. The maximum absolute atomic E-state index is 12.8. The van der Waals surface area contributed by atoms with Crippen molar-refractivity contribution in [3.05, 3.63) is 52.3 Å². The smallest absolute Gasteiger partial charge is 0.274 e. The van der Waals surface area contributed by atoms with Crippen LogP contribution < -0.4 is 4.90 Å². The van der Waals surface area contributed by atoms with Gasteiger partial charge < -0.3 is 9.47 Å². The average molecular weight is 325 g/mol. The number of aromatic nitrogens is 1. The Morgan fingerprint density at radius 2 is 1.90 bits per heavy atom. The Morgan fingerprint density at radius 1 is 1.24 bits per heavy atom. The molecule has 2 aromatic rings. The summed E-state index contributed by atoms with van der Waals surface area (Å²) in [7, 11) is 1.74. The maximum Gasteiger partial charge on any atom is 0.274 e. The van der Waals surface area contributed by atoms with E-state index >= 15 is 0 Å². The number of hydrogen-bond acceptors (Lipinski definition) is 1. The van der Waals surface area contributed by atoms with Gasteiger partial charge in [-0.1, -0.05) is 54.7 Å². The van der Waals surface area contributed by atoms with Crippen LogP contribution in [0.4, 0.5) is 5.69 Å². The summed E-state index contributed by atoms with van der Waals surface area (Å²) in [5.74, 6) is -0.0917. The molecule has 0 aliphatic rings. The van der Waals surface area contributed by atoms with E-state index in [0.29, 0.717) is 22.4 Å². The van der Waals surface area contributed by atoms with Crippen LogP contribution in [0.1, 0.15) is 30.3 Å². The highest BCUT2D eigenvalue weighted by Crippen LogP contribution is 2.27. The molecule has 0 radical (unpaired) electrons. The fraction of sp³-hybridized carbons (Fsp3) is 0.312. The minimum Gasteiger partial charge on any atom is -0.329 e. The molecule has 0 atom stereocenters. The predicted octanol–water partition coefficient (Wildman–Crippen LogP) is 4.78. The molecule has 0 bridgehead atoms. The molecule has 0 saturated carbocycles. The highest BCUT2D eigenvalue weighted by atomic mass is 35.5. The zero-order valence-electron chi connectivity index (χ0n) is 12.1. The number of unbranched alkanes of at least 4 members (excludes halogenated alkanes) is 1. The van der Waals surface area contributed by atoms with Crippen LogP contribution in [0.3, 0.4) is 0 Å². The van der Waals surface area contributed by atoms with Crippen molar-refractivity contribution in [1.29, 1.82) is 0 Å². The first-order valence-electron chi connectivity index (χ1n) is 6.94. The van der Waals surface area contributed by atoms with Crippen LogP contribution in [-0.4, -0.2) is 17.0 Å². The molecule has 0 saturated heterocycles. The largest absolute Gasteiger partial charge is 0.329 e. The lowest BCUT2D eigenvalue weighted by Gasteiger charge is -2.23. The van der Waals surface area contributed by atoms with Crippen molar-refractivity contribution in [2.24, 2.45) is 7.05 Å². The molecular weight excluding hydrogens is 307 g/mol. The zero-order chi connectivity index (χ0) is 15.4. The van der Waals surface area contributed by atoms with Gasteiger partial charge in [-0.2, -0.15) is 0 Å². The van der Waals surface area contributed by atoms with Crippen LogP contribution in [0.25, 0.3) is 0 Å². The quantitative estimate of drug-likeness (QED) is 0.777.